The third kappa shape index (κ3) is 5.50. The summed E-state index contributed by atoms with van der Waals surface area (Å²) in [5, 5.41) is 1.18. The molecule has 0 N–H and O–H groups in total. The van der Waals surface area contributed by atoms with Gasteiger partial charge < -0.3 is 9.80 Å². The van der Waals surface area contributed by atoms with Crippen molar-refractivity contribution in [2.24, 2.45) is 11.8 Å². The molecule has 3 aromatic rings. The van der Waals surface area contributed by atoms with Gasteiger partial charge in [-0.2, -0.15) is 0 Å². The molecule has 0 bridgehead atoms. The first kappa shape index (κ1) is 23.4. The van der Waals surface area contributed by atoms with Crippen LogP contribution in [0.15, 0.2) is 48.9 Å². The average Bonchev–Trinajstić information content (AvgIpc) is 2.89. The molecule has 2 aliphatic rings. The number of pyridine rings is 1. The predicted octanol–water partition coefficient (Wildman–Crippen LogP) is 3.92. The van der Waals surface area contributed by atoms with Gasteiger partial charge >= 0.3 is 0 Å². The normalized spacial score (nSPS) is 19.2. The number of amides is 2. The molecule has 1 atom stereocenters. The Morgan fingerprint density at radius 1 is 0.886 bits per heavy atom. The summed E-state index contributed by atoms with van der Waals surface area (Å²) in [6.45, 7) is 4.67. The van der Waals surface area contributed by atoms with Gasteiger partial charge in [0.2, 0.25) is 5.91 Å². The van der Waals surface area contributed by atoms with Crippen LogP contribution < -0.4 is 0 Å². The van der Waals surface area contributed by atoms with Crippen molar-refractivity contribution in [1.82, 2.24) is 24.8 Å². The summed E-state index contributed by atoms with van der Waals surface area (Å²) in [6, 6.07) is 10.6. The molecular weight excluding hydrogens is 438 g/mol. The Kier molecular flexibility index (Phi) is 7.02. The number of fused-ring (bicyclic) bond motifs is 1. The highest BCUT2D eigenvalue weighted by molar-refractivity contribution is 5.93. The summed E-state index contributed by atoms with van der Waals surface area (Å²) >= 11 is 0. The zero-order valence-corrected chi connectivity index (χ0v) is 20.4. The fraction of sp³-hybridized carbons (Fsp3) is 0.464. The first-order valence-electron chi connectivity index (χ1n) is 12.7. The second kappa shape index (κ2) is 10.5. The number of rotatable bonds is 5. The summed E-state index contributed by atoms with van der Waals surface area (Å²) in [4.78, 5) is 42.5. The maximum absolute atomic E-state index is 13.4. The molecule has 7 heteroatoms. The first-order valence-corrected chi connectivity index (χ1v) is 12.7. The van der Waals surface area contributed by atoms with Crippen LogP contribution in [0.25, 0.3) is 10.9 Å². The minimum absolute atomic E-state index is 0.0115. The quantitative estimate of drug-likeness (QED) is 0.564. The number of hydrogen-bond donors (Lipinski definition) is 0. The van der Waals surface area contributed by atoms with Gasteiger partial charge in [0.25, 0.3) is 5.91 Å². The molecule has 7 nitrogen and oxygen atoms in total. The SMILES string of the molecule is CC(=O)N1CCC[C@@H](Cc2nccnc2C(=O)N2CCC(Cc3ccc4ncccc4c3)CC2)C1. The predicted molar refractivity (Wildman–Crippen MR) is 135 cm³/mol. The third-order valence-corrected chi connectivity index (χ3v) is 7.52. The fourth-order valence-corrected chi connectivity index (χ4v) is 5.56. The van der Waals surface area contributed by atoms with E-state index < -0.39 is 0 Å². The lowest BCUT2D eigenvalue weighted by molar-refractivity contribution is -0.130. The summed E-state index contributed by atoms with van der Waals surface area (Å²) in [5.41, 5.74) is 3.60. The lowest BCUT2D eigenvalue weighted by Crippen LogP contribution is -2.41. The molecule has 5 rings (SSSR count). The molecule has 0 radical (unpaired) electrons. The lowest BCUT2D eigenvalue weighted by Gasteiger charge is -2.33. The number of piperidine rings is 2. The van der Waals surface area contributed by atoms with Crippen LogP contribution in [-0.2, 0) is 17.6 Å². The molecular formula is C28H33N5O2. The van der Waals surface area contributed by atoms with Crippen molar-refractivity contribution >= 4 is 22.7 Å². The maximum atomic E-state index is 13.4. The second-order valence-electron chi connectivity index (χ2n) is 10.00. The number of nitrogens with zero attached hydrogens (tertiary/aromatic N) is 5. The second-order valence-corrected chi connectivity index (χ2v) is 10.00. The van der Waals surface area contributed by atoms with E-state index in [9.17, 15) is 9.59 Å². The monoisotopic (exact) mass is 471 g/mol. The van der Waals surface area contributed by atoms with Gasteiger partial charge in [0, 0.05) is 57.1 Å². The van der Waals surface area contributed by atoms with Crippen molar-refractivity contribution in [3.05, 3.63) is 65.9 Å². The molecule has 2 amide bonds. The van der Waals surface area contributed by atoms with Gasteiger partial charge in [0.15, 0.2) is 0 Å². The Labute approximate surface area is 206 Å². The van der Waals surface area contributed by atoms with Crippen LogP contribution in [0.4, 0.5) is 0 Å². The molecule has 2 aliphatic heterocycles. The lowest BCUT2D eigenvalue weighted by atomic mass is 9.89. The van der Waals surface area contributed by atoms with Gasteiger partial charge in [-0.05, 0) is 74.1 Å². The summed E-state index contributed by atoms with van der Waals surface area (Å²) in [7, 11) is 0. The highest BCUT2D eigenvalue weighted by Crippen LogP contribution is 2.26. The smallest absolute Gasteiger partial charge is 0.274 e. The van der Waals surface area contributed by atoms with Gasteiger partial charge in [-0.1, -0.05) is 12.1 Å². The van der Waals surface area contributed by atoms with Crippen LogP contribution in [0.2, 0.25) is 0 Å². The number of carbonyl (C=O) groups is 2. The number of carbonyl (C=O) groups excluding carboxylic acids is 2. The Hall–Kier alpha value is -3.35. The van der Waals surface area contributed by atoms with Gasteiger partial charge in [0.05, 0.1) is 11.2 Å². The first-order chi connectivity index (χ1) is 17.1. The highest BCUT2D eigenvalue weighted by Gasteiger charge is 2.28. The number of likely N-dealkylation sites (tertiary alicyclic amines) is 2. The topological polar surface area (TPSA) is 79.3 Å². The summed E-state index contributed by atoms with van der Waals surface area (Å²) in [5.74, 6) is 0.990. The molecule has 1 aromatic carbocycles. The average molecular weight is 472 g/mol. The van der Waals surface area contributed by atoms with E-state index in [0.717, 1.165) is 69.5 Å². The standard InChI is InChI=1S/C28H33N5O2/c1-20(34)33-13-3-4-23(19-33)18-26-27(31-12-11-30-26)28(35)32-14-8-21(9-15-32)16-22-6-7-25-24(17-22)5-2-10-29-25/h2,5-7,10-12,17,21,23H,3-4,8-9,13-16,18-19H2,1H3/t23-/m0/s1. The minimum Gasteiger partial charge on any atom is -0.343 e. The van der Waals surface area contributed by atoms with Crippen LogP contribution in [-0.4, -0.2) is 62.7 Å². The van der Waals surface area contributed by atoms with E-state index in [1.54, 1.807) is 19.3 Å². The van der Waals surface area contributed by atoms with Crippen molar-refractivity contribution in [3.63, 3.8) is 0 Å². The van der Waals surface area contributed by atoms with Crippen LogP contribution in [0.5, 0.6) is 0 Å². The molecule has 2 fully saturated rings. The number of benzene rings is 1. The van der Waals surface area contributed by atoms with Crippen LogP contribution >= 0.6 is 0 Å². The van der Waals surface area contributed by atoms with Gasteiger partial charge in [-0.3, -0.25) is 19.6 Å². The van der Waals surface area contributed by atoms with Crippen molar-refractivity contribution in [3.8, 4) is 0 Å². The van der Waals surface area contributed by atoms with Crippen LogP contribution in [0.1, 0.15) is 54.4 Å². The van der Waals surface area contributed by atoms with Gasteiger partial charge in [-0.15, -0.1) is 0 Å². The highest BCUT2D eigenvalue weighted by atomic mass is 16.2. The van der Waals surface area contributed by atoms with E-state index in [1.807, 2.05) is 22.1 Å². The zero-order chi connectivity index (χ0) is 24.2. The van der Waals surface area contributed by atoms with Crippen molar-refractivity contribution in [2.75, 3.05) is 26.2 Å². The molecule has 0 aliphatic carbocycles. The molecule has 0 spiro atoms. The zero-order valence-electron chi connectivity index (χ0n) is 20.4. The van der Waals surface area contributed by atoms with Crippen molar-refractivity contribution in [1.29, 1.82) is 0 Å². The molecule has 2 saturated heterocycles. The Balaban J connectivity index is 1.19. The van der Waals surface area contributed by atoms with Crippen molar-refractivity contribution < 1.29 is 9.59 Å². The Morgan fingerprint density at radius 3 is 2.54 bits per heavy atom. The molecule has 182 valence electrons. The molecule has 0 saturated carbocycles. The molecule has 35 heavy (non-hydrogen) atoms. The maximum Gasteiger partial charge on any atom is 0.274 e. The fourth-order valence-electron chi connectivity index (χ4n) is 5.56. The third-order valence-electron chi connectivity index (χ3n) is 7.52. The van der Waals surface area contributed by atoms with Crippen LogP contribution in [0.3, 0.4) is 0 Å². The summed E-state index contributed by atoms with van der Waals surface area (Å²) < 4.78 is 0. The van der Waals surface area contributed by atoms with E-state index in [4.69, 9.17) is 0 Å². The number of aromatic nitrogens is 3. The van der Waals surface area contributed by atoms with E-state index in [2.05, 4.69) is 39.2 Å². The molecule has 4 heterocycles. The number of hydrogen-bond acceptors (Lipinski definition) is 5. The van der Waals surface area contributed by atoms with Crippen LogP contribution in [0, 0.1) is 11.8 Å². The van der Waals surface area contributed by atoms with Gasteiger partial charge in [-0.25, -0.2) is 4.98 Å². The van der Waals surface area contributed by atoms with E-state index in [0.29, 0.717) is 24.0 Å². The molecule has 2 aromatic heterocycles. The van der Waals surface area contributed by atoms with E-state index in [1.165, 1.54) is 10.9 Å². The van der Waals surface area contributed by atoms with Crippen molar-refractivity contribution in [2.45, 2.75) is 45.4 Å². The Bertz CT molecular complexity index is 1200. The van der Waals surface area contributed by atoms with E-state index >= 15 is 0 Å². The van der Waals surface area contributed by atoms with Gasteiger partial charge in [0.1, 0.15) is 5.69 Å². The summed E-state index contributed by atoms with van der Waals surface area (Å²) in [6.07, 6.45) is 10.8. The minimum atomic E-state index is -0.0115. The van der Waals surface area contributed by atoms with E-state index in [-0.39, 0.29) is 11.8 Å². The molecule has 0 unspecified atom stereocenters. The largest absolute Gasteiger partial charge is 0.343 e. The Morgan fingerprint density at radius 2 is 1.71 bits per heavy atom.